The molecule has 0 spiro atoms. The number of amides is 2. The van der Waals surface area contributed by atoms with Gasteiger partial charge in [-0.15, -0.1) is 5.10 Å². The van der Waals surface area contributed by atoms with Gasteiger partial charge in [0.2, 0.25) is 0 Å². The standard InChI is InChI=1S/C16H22N6O3/c1-10-19-20-21-22(10)14-9-12(5-8-15(14)25-2)18-16(24)17-11-3-6-13(23)7-4-11/h5,8-9,11,13,23H,3-4,6-7H2,1-2H3,(H2,17,18,24). The molecule has 0 atom stereocenters. The number of rotatable bonds is 4. The predicted molar refractivity (Wildman–Crippen MR) is 90.9 cm³/mol. The van der Waals surface area contributed by atoms with E-state index < -0.39 is 0 Å². The summed E-state index contributed by atoms with van der Waals surface area (Å²) in [6.45, 7) is 1.78. The zero-order valence-corrected chi connectivity index (χ0v) is 14.3. The van der Waals surface area contributed by atoms with Crippen molar-refractivity contribution in [3.05, 3.63) is 24.0 Å². The number of ether oxygens (including phenoxy) is 1. The number of aliphatic hydroxyl groups is 1. The number of aliphatic hydroxyl groups excluding tert-OH is 1. The molecule has 3 N–H and O–H groups in total. The van der Waals surface area contributed by atoms with Crippen LogP contribution in [0.2, 0.25) is 0 Å². The fourth-order valence-corrected chi connectivity index (χ4v) is 2.96. The van der Waals surface area contributed by atoms with Crippen LogP contribution >= 0.6 is 0 Å². The van der Waals surface area contributed by atoms with E-state index in [1.54, 1.807) is 36.9 Å². The minimum absolute atomic E-state index is 0.0860. The number of aromatic nitrogens is 4. The average molecular weight is 346 g/mol. The van der Waals surface area contributed by atoms with E-state index in [-0.39, 0.29) is 18.2 Å². The van der Waals surface area contributed by atoms with Crippen LogP contribution in [0.25, 0.3) is 5.69 Å². The summed E-state index contributed by atoms with van der Waals surface area (Å²) in [5.41, 5.74) is 1.25. The van der Waals surface area contributed by atoms with Crippen LogP contribution in [0, 0.1) is 6.92 Å². The Morgan fingerprint density at radius 2 is 2.08 bits per heavy atom. The van der Waals surface area contributed by atoms with Crippen molar-refractivity contribution in [2.24, 2.45) is 0 Å². The third kappa shape index (κ3) is 4.05. The Balaban J connectivity index is 1.70. The van der Waals surface area contributed by atoms with Crippen LogP contribution < -0.4 is 15.4 Å². The lowest BCUT2D eigenvalue weighted by Crippen LogP contribution is -2.40. The maximum atomic E-state index is 12.2. The molecule has 1 heterocycles. The molecule has 0 bridgehead atoms. The van der Waals surface area contributed by atoms with Crippen molar-refractivity contribution in [2.75, 3.05) is 12.4 Å². The number of tetrazole rings is 1. The third-order valence-corrected chi connectivity index (χ3v) is 4.32. The van der Waals surface area contributed by atoms with E-state index in [1.807, 2.05) is 0 Å². The molecule has 1 aliphatic rings. The summed E-state index contributed by atoms with van der Waals surface area (Å²) in [6.07, 6.45) is 2.76. The van der Waals surface area contributed by atoms with Gasteiger partial charge in [0.05, 0.1) is 13.2 Å². The number of hydrogen-bond acceptors (Lipinski definition) is 6. The van der Waals surface area contributed by atoms with E-state index in [4.69, 9.17) is 4.74 Å². The van der Waals surface area contributed by atoms with Crippen molar-refractivity contribution < 1.29 is 14.6 Å². The number of urea groups is 1. The number of carbonyl (C=O) groups excluding carboxylic acids is 1. The SMILES string of the molecule is COc1ccc(NC(=O)NC2CCC(O)CC2)cc1-n1nnnc1C. The number of aryl methyl sites for hydroxylation is 1. The fourth-order valence-electron chi connectivity index (χ4n) is 2.96. The zero-order valence-electron chi connectivity index (χ0n) is 14.3. The predicted octanol–water partition coefficient (Wildman–Crippen LogP) is 1.40. The summed E-state index contributed by atoms with van der Waals surface area (Å²) in [6, 6.07) is 5.08. The third-order valence-electron chi connectivity index (χ3n) is 4.32. The van der Waals surface area contributed by atoms with Crippen LogP contribution in [0.5, 0.6) is 5.75 Å². The lowest BCUT2D eigenvalue weighted by atomic mass is 9.93. The van der Waals surface area contributed by atoms with E-state index in [0.29, 0.717) is 22.9 Å². The van der Waals surface area contributed by atoms with Gasteiger partial charge in [0, 0.05) is 11.7 Å². The molecule has 134 valence electrons. The minimum atomic E-state index is -0.272. The molecule has 2 amide bonds. The molecular formula is C16H22N6O3. The van der Waals surface area contributed by atoms with E-state index in [0.717, 1.165) is 25.7 Å². The molecule has 9 heteroatoms. The van der Waals surface area contributed by atoms with Gasteiger partial charge in [-0.2, -0.15) is 4.68 Å². The van der Waals surface area contributed by atoms with Crippen LogP contribution in [0.15, 0.2) is 18.2 Å². The Kier molecular flexibility index (Phi) is 5.13. The molecule has 1 aromatic carbocycles. The van der Waals surface area contributed by atoms with Crippen molar-refractivity contribution in [1.29, 1.82) is 0 Å². The van der Waals surface area contributed by atoms with Gasteiger partial charge in [0.1, 0.15) is 11.4 Å². The summed E-state index contributed by atoms with van der Waals surface area (Å²) >= 11 is 0. The Labute approximate surface area is 145 Å². The molecule has 0 aliphatic heterocycles. The Hall–Kier alpha value is -2.68. The average Bonchev–Trinajstić information content (AvgIpc) is 3.02. The molecule has 25 heavy (non-hydrogen) atoms. The van der Waals surface area contributed by atoms with Crippen molar-refractivity contribution >= 4 is 11.7 Å². The fraction of sp³-hybridized carbons (Fsp3) is 0.500. The zero-order chi connectivity index (χ0) is 17.8. The molecule has 0 radical (unpaired) electrons. The van der Waals surface area contributed by atoms with Crippen LogP contribution in [-0.4, -0.2) is 50.6 Å². The maximum absolute atomic E-state index is 12.2. The highest BCUT2D eigenvalue weighted by atomic mass is 16.5. The minimum Gasteiger partial charge on any atom is -0.494 e. The highest BCUT2D eigenvalue weighted by molar-refractivity contribution is 5.90. The number of nitrogens with one attached hydrogen (secondary N) is 2. The van der Waals surface area contributed by atoms with Crippen LogP contribution in [0.3, 0.4) is 0 Å². The molecule has 3 rings (SSSR count). The van der Waals surface area contributed by atoms with Gasteiger partial charge in [-0.05, 0) is 61.2 Å². The van der Waals surface area contributed by atoms with Crippen LogP contribution in [0.4, 0.5) is 10.5 Å². The monoisotopic (exact) mass is 346 g/mol. The second kappa shape index (κ2) is 7.47. The molecule has 0 saturated heterocycles. The summed E-state index contributed by atoms with van der Waals surface area (Å²) in [5, 5.41) is 26.7. The quantitative estimate of drug-likeness (QED) is 0.771. The number of benzene rings is 1. The summed E-state index contributed by atoms with van der Waals surface area (Å²) in [7, 11) is 1.57. The van der Waals surface area contributed by atoms with Crippen molar-refractivity contribution in [2.45, 2.75) is 44.8 Å². The van der Waals surface area contributed by atoms with Crippen LogP contribution in [-0.2, 0) is 0 Å². The molecular weight excluding hydrogens is 324 g/mol. The lowest BCUT2D eigenvalue weighted by Gasteiger charge is -2.26. The Morgan fingerprint density at radius 1 is 1.32 bits per heavy atom. The number of methoxy groups -OCH3 is 1. The van der Waals surface area contributed by atoms with Gasteiger partial charge in [-0.1, -0.05) is 0 Å². The first-order valence-corrected chi connectivity index (χ1v) is 8.26. The second-order valence-electron chi connectivity index (χ2n) is 6.13. The van der Waals surface area contributed by atoms with Crippen molar-refractivity contribution in [1.82, 2.24) is 25.5 Å². The molecule has 9 nitrogen and oxygen atoms in total. The number of hydrogen-bond donors (Lipinski definition) is 3. The normalized spacial score (nSPS) is 20.1. The largest absolute Gasteiger partial charge is 0.494 e. The first kappa shape index (κ1) is 17.2. The molecule has 1 aliphatic carbocycles. The van der Waals surface area contributed by atoms with E-state index in [9.17, 15) is 9.90 Å². The molecule has 0 unspecified atom stereocenters. The maximum Gasteiger partial charge on any atom is 0.319 e. The number of anilines is 1. The van der Waals surface area contributed by atoms with Gasteiger partial charge in [0.25, 0.3) is 0 Å². The summed E-state index contributed by atoms with van der Waals surface area (Å²) in [4.78, 5) is 12.2. The summed E-state index contributed by atoms with van der Waals surface area (Å²) < 4.78 is 6.89. The highest BCUT2D eigenvalue weighted by Gasteiger charge is 2.21. The number of nitrogens with zero attached hydrogens (tertiary/aromatic N) is 4. The Morgan fingerprint density at radius 3 is 2.72 bits per heavy atom. The second-order valence-corrected chi connectivity index (χ2v) is 6.13. The molecule has 1 aromatic heterocycles. The molecule has 1 fully saturated rings. The van der Waals surface area contributed by atoms with Crippen molar-refractivity contribution in [3.63, 3.8) is 0 Å². The van der Waals surface area contributed by atoms with Crippen molar-refractivity contribution in [3.8, 4) is 11.4 Å². The molecule has 2 aromatic rings. The number of carbonyl (C=O) groups is 1. The molecule has 1 saturated carbocycles. The topological polar surface area (TPSA) is 114 Å². The summed E-state index contributed by atoms with van der Waals surface area (Å²) in [5.74, 6) is 1.21. The van der Waals surface area contributed by atoms with Gasteiger partial charge in [-0.3, -0.25) is 0 Å². The van der Waals surface area contributed by atoms with Gasteiger partial charge in [0.15, 0.2) is 5.82 Å². The van der Waals surface area contributed by atoms with Gasteiger partial charge in [-0.25, -0.2) is 4.79 Å². The van der Waals surface area contributed by atoms with E-state index >= 15 is 0 Å². The van der Waals surface area contributed by atoms with Gasteiger partial charge < -0.3 is 20.5 Å². The van der Waals surface area contributed by atoms with Crippen LogP contribution in [0.1, 0.15) is 31.5 Å². The van der Waals surface area contributed by atoms with E-state index in [2.05, 4.69) is 26.2 Å². The van der Waals surface area contributed by atoms with E-state index in [1.165, 1.54) is 0 Å². The lowest BCUT2D eigenvalue weighted by molar-refractivity contribution is 0.118. The highest BCUT2D eigenvalue weighted by Crippen LogP contribution is 2.26. The Bertz CT molecular complexity index is 739. The first-order valence-electron chi connectivity index (χ1n) is 8.26. The van der Waals surface area contributed by atoms with Gasteiger partial charge >= 0.3 is 6.03 Å². The first-order chi connectivity index (χ1) is 12.1. The smallest absolute Gasteiger partial charge is 0.319 e.